The van der Waals surface area contributed by atoms with Crippen LogP contribution in [0.25, 0.3) is 22.1 Å². The topological polar surface area (TPSA) is 37.0 Å². The Bertz CT molecular complexity index is 714. The van der Waals surface area contributed by atoms with Crippen molar-refractivity contribution in [3.63, 3.8) is 0 Å². The van der Waals surface area contributed by atoms with E-state index in [0.29, 0.717) is 0 Å². The third-order valence-electron chi connectivity index (χ3n) is 2.76. The van der Waals surface area contributed by atoms with Gasteiger partial charge in [-0.25, -0.2) is 0 Å². The maximum Gasteiger partial charge on any atom is 0.219 e. The van der Waals surface area contributed by atoms with E-state index in [1.807, 2.05) is 60.7 Å². The van der Waals surface area contributed by atoms with E-state index in [1.165, 1.54) is 0 Å². The average molecular weight is 221 g/mol. The Morgan fingerprint density at radius 3 is 2.35 bits per heavy atom. The van der Waals surface area contributed by atoms with Gasteiger partial charge in [0.05, 0.1) is 0 Å². The van der Waals surface area contributed by atoms with Crippen LogP contribution in [-0.2, 0) is 0 Å². The van der Waals surface area contributed by atoms with Gasteiger partial charge in [0, 0.05) is 10.9 Å². The van der Waals surface area contributed by atoms with E-state index < -0.39 is 0 Å². The Morgan fingerprint density at radius 2 is 1.53 bits per heavy atom. The lowest BCUT2D eigenvalue weighted by Crippen LogP contribution is -2.02. The largest absolute Gasteiger partial charge is 0.438 e. The molecule has 0 radical (unpaired) electrons. The van der Waals surface area contributed by atoms with Crippen LogP contribution in [0.1, 0.15) is 0 Å². The number of rotatable bonds is 1. The Kier molecular flexibility index (Phi) is 2.26. The van der Waals surface area contributed by atoms with E-state index in [-0.39, 0.29) is 5.55 Å². The predicted molar refractivity (Wildman–Crippen MR) is 67.5 cm³/mol. The van der Waals surface area contributed by atoms with Crippen LogP contribution >= 0.6 is 0 Å². The molecule has 82 valence electrons. The molecular formula is C15H11NO. The summed E-state index contributed by atoms with van der Waals surface area (Å²) in [7, 11) is 0. The van der Waals surface area contributed by atoms with E-state index in [0.717, 1.165) is 22.1 Å². The second kappa shape index (κ2) is 3.91. The molecule has 0 amide bonds. The first-order valence-corrected chi connectivity index (χ1v) is 5.47. The van der Waals surface area contributed by atoms with Crippen molar-refractivity contribution in [2.75, 3.05) is 0 Å². The van der Waals surface area contributed by atoms with Crippen molar-refractivity contribution >= 4 is 11.0 Å². The van der Waals surface area contributed by atoms with Crippen LogP contribution in [0.4, 0.5) is 0 Å². The van der Waals surface area contributed by atoms with Gasteiger partial charge in [0.15, 0.2) is 0 Å². The summed E-state index contributed by atoms with van der Waals surface area (Å²) in [6.07, 6.45) is 0. The van der Waals surface area contributed by atoms with Crippen molar-refractivity contribution in [2.45, 2.75) is 0 Å². The van der Waals surface area contributed by atoms with Gasteiger partial charge in [-0.15, -0.1) is 0 Å². The molecule has 1 aromatic heterocycles. The molecule has 0 spiro atoms. The highest BCUT2D eigenvalue weighted by molar-refractivity contribution is 5.81. The van der Waals surface area contributed by atoms with E-state index in [1.54, 1.807) is 0 Å². The SMILES string of the molecule is N=c1oc2ccccc2cc1-c1ccccc1. The van der Waals surface area contributed by atoms with Gasteiger partial charge in [0.2, 0.25) is 5.55 Å². The zero-order chi connectivity index (χ0) is 11.7. The molecule has 0 atom stereocenters. The minimum atomic E-state index is 0.204. The van der Waals surface area contributed by atoms with Crippen molar-refractivity contribution in [3.05, 3.63) is 66.2 Å². The zero-order valence-corrected chi connectivity index (χ0v) is 9.18. The second-order valence-electron chi connectivity index (χ2n) is 3.89. The fourth-order valence-corrected chi connectivity index (χ4v) is 1.91. The third-order valence-corrected chi connectivity index (χ3v) is 2.76. The van der Waals surface area contributed by atoms with Crippen molar-refractivity contribution < 1.29 is 4.42 Å². The minimum Gasteiger partial charge on any atom is -0.438 e. The van der Waals surface area contributed by atoms with Crippen molar-refractivity contribution in [1.29, 1.82) is 5.41 Å². The predicted octanol–water partition coefficient (Wildman–Crippen LogP) is 3.58. The van der Waals surface area contributed by atoms with Crippen LogP contribution in [-0.4, -0.2) is 0 Å². The normalized spacial score (nSPS) is 10.6. The summed E-state index contributed by atoms with van der Waals surface area (Å²) in [5.41, 5.74) is 2.78. The summed E-state index contributed by atoms with van der Waals surface area (Å²) in [5.74, 6) is 0. The molecule has 3 rings (SSSR count). The molecule has 0 fully saturated rings. The maximum atomic E-state index is 7.92. The molecule has 0 aliphatic heterocycles. The molecule has 0 unspecified atom stereocenters. The van der Waals surface area contributed by atoms with Gasteiger partial charge >= 0.3 is 0 Å². The van der Waals surface area contributed by atoms with Crippen molar-refractivity contribution in [1.82, 2.24) is 0 Å². The average Bonchev–Trinajstić information content (AvgIpc) is 2.39. The molecule has 2 heteroatoms. The highest BCUT2D eigenvalue weighted by atomic mass is 16.3. The first kappa shape index (κ1) is 9.85. The van der Waals surface area contributed by atoms with Crippen LogP contribution < -0.4 is 5.55 Å². The van der Waals surface area contributed by atoms with Crippen LogP contribution in [0.15, 0.2) is 65.1 Å². The lowest BCUT2D eigenvalue weighted by Gasteiger charge is -2.03. The highest BCUT2D eigenvalue weighted by Crippen LogP contribution is 2.20. The Labute approximate surface area is 98.7 Å². The molecule has 0 aliphatic rings. The zero-order valence-electron chi connectivity index (χ0n) is 9.18. The smallest absolute Gasteiger partial charge is 0.219 e. The monoisotopic (exact) mass is 221 g/mol. The molecule has 2 aromatic carbocycles. The van der Waals surface area contributed by atoms with Crippen LogP contribution in [0, 0.1) is 5.41 Å². The van der Waals surface area contributed by atoms with Crippen LogP contribution in [0.5, 0.6) is 0 Å². The fraction of sp³-hybridized carbons (Fsp3) is 0. The number of hydrogen-bond acceptors (Lipinski definition) is 2. The van der Waals surface area contributed by atoms with Crippen LogP contribution in [0.3, 0.4) is 0 Å². The van der Waals surface area contributed by atoms with Gasteiger partial charge in [-0.05, 0) is 17.7 Å². The Morgan fingerprint density at radius 1 is 0.824 bits per heavy atom. The van der Waals surface area contributed by atoms with E-state index >= 15 is 0 Å². The van der Waals surface area contributed by atoms with Gasteiger partial charge in [0.1, 0.15) is 5.58 Å². The number of nitrogens with one attached hydrogen (secondary N) is 1. The third kappa shape index (κ3) is 1.74. The van der Waals surface area contributed by atoms with Gasteiger partial charge < -0.3 is 4.42 Å². The van der Waals surface area contributed by atoms with Gasteiger partial charge in [-0.1, -0.05) is 48.5 Å². The summed E-state index contributed by atoms with van der Waals surface area (Å²) < 4.78 is 5.51. The number of benzene rings is 2. The summed E-state index contributed by atoms with van der Waals surface area (Å²) in [6.45, 7) is 0. The van der Waals surface area contributed by atoms with Gasteiger partial charge in [0.25, 0.3) is 0 Å². The van der Waals surface area contributed by atoms with E-state index in [2.05, 4.69) is 0 Å². The first-order valence-electron chi connectivity index (χ1n) is 5.47. The molecular weight excluding hydrogens is 210 g/mol. The molecule has 0 aliphatic carbocycles. The standard InChI is InChI=1S/C15H11NO/c16-15-13(11-6-2-1-3-7-11)10-12-8-4-5-9-14(12)17-15/h1-10,16H. The summed E-state index contributed by atoms with van der Waals surface area (Å²) in [6, 6.07) is 19.6. The van der Waals surface area contributed by atoms with Gasteiger partial charge in [-0.3, -0.25) is 5.41 Å². The number of para-hydroxylation sites is 1. The number of hydrogen-bond donors (Lipinski definition) is 1. The van der Waals surface area contributed by atoms with Crippen molar-refractivity contribution in [3.8, 4) is 11.1 Å². The summed E-state index contributed by atoms with van der Waals surface area (Å²) >= 11 is 0. The Hall–Kier alpha value is -2.35. The highest BCUT2D eigenvalue weighted by Gasteiger charge is 2.03. The summed E-state index contributed by atoms with van der Waals surface area (Å²) in [5, 5.41) is 8.94. The quantitative estimate of drug-likeness (QED) is 0.670. The van der Waals surface area contributed by atoms with Crippen LogP contribution in [0.2, 0.25) is 0 Å². The minimum absolute atomic E-state index is 0.204. The maximum absolute atomic E-state index is 7.92. The Balaban J connectivity index is 2.31. The van der Waals surface area contributed by atoms with Crippen molar-refractivity contribution in [2.24, 2.45) is 0 Å². The first-order chi connectivity index (χ1) is 8.34. The second-order valence-corrected chi connectivity index (χ2v) is 3.89. The molecule has 0 saturated carbocycles. The molecule has 17 heavy (non-hydrogen) atoms. The number of fused-ring (bicyclic) bond motifs is 1. The lowest BCUT2D eigenvalue weighted by atomic mass is 10.1. The molecule has 0 bridgehead atoms. The summed E-state index contributed by atoms with van der Waals surface area (Å²) in [4.78, 5) is 0. The molecule has 1 heterocycles. The van der Waals surface area contributed by atoms with Gasteiger partial charge in [-0.2, -0.15) is 0 Å². The molecule has 1 N–H and O–H groups in total. The molecule has 2 nitrogen and oxygen atoms in total. The lowest BCUT2D eigenvalue weighted by molar-refractivity contribution is 0.536. The molecule has 3 aromatic rings. The van der Waals surface area contributed by atoms with E-state index in [9.17, 15) is 0 Å². The molecule has 0 saturated heterocycles. The fourth-order valence-electron chi connectivity index (χ4n) is 1.91. The van der Waals surface area contributed by atoms with E-state index in [4.69, 9.17) is 9.83 Å².